The number of Topliss-reactive ketones (excluding diaryl/α,β-unsaturated/α-hetero) is 1. The fourth-order valence-corrected chi connectivity index (χ4v) is 2.77. The Morgan fingerprint density at radius 1 is 1.12 bits per heavy atom. The fraction of sp³-hybridized carbons (Fsp3) is 0.316. The zero-order chi connectivity index (χ0) is 18.6. The first-order valence-electron chi connectivity index (χ1n) is 8.12. The normalized spacial score (nSPS) is 10.4. The van der Waals surface area contributed by atoms with Gasteiger partial charge in [-0.25, -0.2) is 4.98 Å². The summed E-state index contributed by atoms with van der Waals surface area (Å²) in [5.74, 6) is 0.236. The quantitative estimate of drug-likeness (QED) is 0.702. The third kappa shape index (κ3) is 5.04. The Hall–Kier alpha value is -2.89. The molecule has 0 radical (unpaired) electrons. The maximum absolute atomic E-state index is 11.6. The van der Waals surface area contributed by atoms with E-state index in [1.807, 2.05) is 0 Å². The van der Waals surface area contributed by atoms with Gasteiger partial charge in [0.2, 0.25) is 5.91 Å². The van der Waals surface area contributed by atoms with Crippen LogP contribution in [-0.2, 0) is 16.1 Å². The van der Waals surface area contributed by atoms with Crippen molar-refractivity contribution in [1.82, 2.24) is 4.98 Å². The molecule has 0 aliphatic rings. The first kappa shape index (κ1) is 18.4. The Morgan fingerprint density at radius 3 is 2.32 bits per heavy atom. The Kier molecular flexibility index (Phi) is 5.75. The highest BCUT2D eigenvalue weighted by Crippen LogP contribution is 2.21. The largest absolute Gasteiger partial charge is 0.382 e. The molecule has 6 nitrogen and oxygen atoms in total. The summed E-state index contributed by atoms with van der Waals surface area (Å²) in [4.78, 5) is 26.9. The van der Waals surface area contributed by atoms with Crippen LogP contribution >= 0.6 is 0 Å². The molecule has 0 unspecified atom stereocenters. The van der Waals surface area contributed by atoms with Crippen molar-refractivity contribution in [2.45, 2.75) is 40.7 Å². The molecule has 2 aromatic rings. The van der Waals surface area contributed by atoms with E-state index in [-0.39, 0.29) is 18.0 Å². The summed E-state index contributed by atoms with van der Waals surface area (Å²) < 4.78 is 0. The van der Waals surface area contributed by atoms with Crippen molar-refractivity contribution >= 4 is 29.0 Å². The summed E-state index contributed by atoms with van der Waals surface area (Å²) in [6.07, 6.45) is -0.175. The number of rotatable bonds is 6. The first-order chi connectivity index (χ1) is 11.8. The van der Waals surface area contributed by atoms with Gasteiger partial charge in [0.25, 0.3) is 0 Å². The Morgan fingerprint density at radius 2 is 1.76 bits per heavy atom. The number of amides is 1. The number of benzene rings is 1. The molecule has 0 bridgehead atoms. The van der Waals surface area contributed by atoms with Crippen LogP contribution in [0.1, 0.15) is 35.6 Å². The number of carbonyl (C=O) groups excluding carboxylic acids is 2. The molecule has 1 aromatic carbocycles. The van der Waals surface area contributed by atoms with Gasteiger partial charge in [-0.1, -0.05) is 17.7 Å². The van der Waals surface area contributed by atoms with Crippen molar-refractivity contribution in [2.75, 3.05) is 16.4 Å². The van der Waals surface area contributed by atoms with Crippen LogP contribution in [0.25, 0.3) is 0 Å². The van der Waals surface area contributed by atoms with Crippen molar-refractivity contribution in [3.05, 3.63) is 46.5 Å². The molecule has 6 heteroatoms. The van der Waals surface area contributed by atoms with Crippen LogP contribution in [0.5, 0.6) is 0 Å². The number of hydrogen-bond donors (Lipinski definition) is 3. The number of aromatic nitrogens is 1. The molecule has 132 valence electrons. The van der Waals surface area contributed by atoms with Gasteiger partial charge in [-0.3, -0.25) is 9.59 Å². The van der Waals surface area contributed by atoms with Gasteiger partial charge in [-0.05, 0) is 56.5 Å². The van der Waals surface area contributed by atoms with E-state index in [2.05, 4.69) is 48.5 Å². The van der Waals surface area contributed by atoms with E-state index in [0.29, 0.717) is 18.1 Å². The van der Waals surface area contributed by atoms with Crippen molar-refractivity contribution in [1.29, 1.82) is 0 Å². The van der Waals surface area contributed by atoms with Crippen molar-refractivity contribution in [3.63, 3.8) is 0 Å². The number of pyridine rings is 1. The van der Waals surface area contributed by atoms with Crippen LogP contribution in [0.15, 0.2) is 24.3 Å². The average molecular weight is 340 g/mol. The average Bonchev–Trinajstić information content (AvgIpc) is 2.48. The second-order valence-corrected chi connectivity index (χ2v) is 6.29. The van der Waals surface area contributed by atoms with Gasteiger partial charge in [-0.2, -0.15) is 0 Å². The topological polar surface area (TPSA) is 97.1 Å². The fourth-order valence-electron chi connectivity index (χ4n) is 2.77. The van der Waals surface area contributed by atoms with Crippen LogP contribution in [0.4, 0.5) is 17.3 Å². The van der Waals surface area contributed by atoms with E-state index in [9.17, 15) is 9.59 Å². The molecule has 25 heavy (non-hydrogen) atoms. The maximum atomic E-state index is 11.6. The van der Waals surface area contributed by atoms with Crippen LogP contribution in [0, 0.1) is 20.8 Å². The minimum absolute atomic E-state index is 0.175. The molecule has 1 aromatic heterocycles. The van der Waals surface area contributed by atoms with Gasteiger partial charge in [-0.15, -0.1) is 0 Å². The highest BCUT2D eigenvalue weighted by molar-refractivity contribution is 6.04. The molecule has 0 saturated heterocycles. The van der Waals surface area contributed by atoms with Crippen LogP contribution < -0.4 is 16.4 Å². The van der Waals surface area contributed by atoms with Gasteiger partial charge in [0.1, 0.15) is 17.4 Å². The van der Waals surface area contributed by atoms with E-state index >= 15 is 0 Å². The van der Waals surface area contributed by atoms with Gasteiger partial charge >= 0.3 is 0 Å². The molecular weight excluding hydrogens is 316 g/mol. The summed E-state index contributed by atoms with van der Waals surface area (Å²) in [6.45, 7) is 8.27. The lowest BCUT2D eigenvalue weighted by atomic mass is 10.00. The van der Waals surface area contributed by atoms with E-state index in [1.165, 1.54) is 29.2 Å². The molecule has 1 heterocycles. The number of nitrogens with zero attached hydrogens (tertiary/aromatic N) is 1. The van der Waals surface area contributed by atoms with E-state index < -0.39 is 5.91 Å². The lowest BCUT2D eigenvalue weighted by molar-refractivity contribution is -0.124. The van der Waals surface area contributed by atoms with Gasteiger partial charge in [0.15, 0.2) is 0 Å². The first-order valence-corrected chi connectivity index (χ1v) is 8.12. The number of anilines is 3. The molecule has 0 aliphatic heterocycles. The number of carbonyl (C=O) groups is 2. The number of aryl methyl sites for hydroxylation is 3. The standard InChI is InChI=1S/C19H24N4O2/c1-11-7-12(2)15(13(3)8-11)10-21-17-6-5-16(19(20)23-17)22-18(25)9-14(4)24/h5-8H,9-10H2,1-4H3,(H,22,25)(H3,20,21,23). The zero-order valence-electron chi connectivity index (χ0n) is 15.1. The Labute approximate surface area is 147 Å². The van der Waals surface area contributed by atoms with E-state index in [1.54, 1.807) is 12.1 Å². The number of ketones is 1. The summed E-state index contributed by atoms with van der Waals surface area (Å²) in [5.41, 5.74) is 11.2. The SMILES string of the molecule is CC(=O)CC(=O)Nc1ccc(NCc2c(C)cc(C)cc2C)nc1N. The van der Waals surface area contributed by atoms with Gasteiger partial charge in [0, 0.05) is 6.54 Å². The summed E-state index contributed by atoms with van der Waals surface area (Å²) in [7, 11) is 0. The summed E-state index contributed by atoms with van der Waals surface area (Å²) in [6, 6.07) is 7.73. The predicted octanol–water partition coefficient (Wildman–Crippen LogP) is 3.12. The molecule has 0 saturated carbocycles. The van der Waals surface area contributed by atoms with Crippen LogP contribution in [0.3, 0.4) is 0 Å². The molecule has 0 atom stereocenters. The van der Waals surface area contributed by atoms with Crippen LogP contribution in [0.2, 0.25) is 0 Å². The number of nitrogen functional groups attached to an aromatic ring is 1. The van der Waals surface area contributed by atoms with Crippen molar-refractivity contribution in [2.24, 2.45) is 0 Å². The van der Waals surface area contributed by atoms with Crippen molar-refractivity contribution in [3.8, 4) is 0 Å². The third-order valence-corrected chi connectivity index (χ3v) is 3.89. The minimum atomic E-state index is -0.396. The molecular formula is C19H24N4O2. The number of nitrogens with two attached hydrogens (primary N) is 1. The van der Waals surface area contributed by atoms with Crippen LogP contribution in [-0.4, -0.2) is 16.7 Å². The molecule has 4 N–H and O–H groups in total. The van der Waals surface area contributed by atoms with E-state index in [0.717, 1.165) is 0 Å². The summed E-state index contributed by atoms with van der Waals surface area (Å²) in [5, 5.41) is 5.85. The Balaban J connectivity index is 2.06. The Bertz CT molecular complexity index is 792. The predicted molar refractivity (Wildman–Crippen MR) is 101 cm³/mol. The second-order valence-electron chi connectivity index (χ2n) is 6.29. The molecule has 1 amide bonds. The highest BCUT2D eigenvalue weighted by Gasteiger charge is 2.10. The number of nitrogens with one attached hydrogen (secondary N) is 2. The summed E-state index contributed by atoms with van der Waals surface area (Å²) >= 11 is 0. The smallest absolute Gasteiger partial charge is 0.231 e. The molecule has 0 fully saturated rings. The molecule has 0 aliphatic carbocycles. The molecule has 2 rings (SSSR count). The van der Waals surface area contributed by atoms with E-state index in [4.69, 9.17) is 5.73 Å². The zero-order valence-corrected chi connectivity index (χ0v) is 15.1. The lowest BCUT2D eigenvalue weighted by Crippen LogP contribution is -2.16. The molecule has 0 spiro atoms. The third-order valence-electron chi connectivity index (χ3n) is 3.89. The number of hydrogen-bond acceptors (Lipinski definition) is 5. The second kappa shape index (κ2) is 7.79. The lowest BCUT2D eigenvalue weighted by Gasteiger charge is -2.14. The minimum Gasteiger partial charge on any atom is -0.382 e. The highest BCUT2D eigenvalue weighted by atomic mass is 16.2. The van der Waals surface area contributed by atoms with Gasteiger partial charge in [0.05, 0.1) is 12.1 Å². The monoisotopic (exact) mass is 340 g/mol. The maximum Gasteiger partial charge on any atom is 0.231 e. The van der Waals surface area contributed by atoms with Gasteiger partial charge < -0.3 is 16.4 Å². The van der Waals surface area contributed by atoms with Crippen molar-refractivity contribution < 1.29 is 9.59 Å².